The Morgan fingerprint density at radius 2 is 2.08 bits per heavy atom. The fourth-order valence-corrected chi connectivity index (χ4v) is 5.82. The van der Waals surface area contributed by atoms with Crippen LogP contribution in [0.5, 0.6) is 0 Å². The van der Waals surface area contributed by atoms with E-state index >= 15 is 0 Å². The van der Waals surface area contributed by atoms with Gasteiger partial charge in [0.15, 0.2) is 0 Å². The Labute approximate surface area is 241 Å². The number of nitrogens with one attached hydrogen (secondary N) is 2. The first-order valence-corrected chi connectivity index (χ1v) is 13.2. The van der Waals surface area contributed by atoms with Gasteiger partial charge in [0, 0.05) is 72.1 Å². The van der Waals surface area contributed by atoms with Gasteiger partial charge in [0.1, 0.15) is 11.6 Å². The van der Waals surface area contributed by atoms with Gasteiger partial charge in [-0.15, -0.1) is 0 Å². The van der Waals surface area contributed by atoms with E-state index in [4.69, 9.17) is 4.98 Å². The molecule has 8 heteroatoms. The predicted molar refractivity (Wildman–Crippen MR) is 148 cm³/mol. The fraction of sp³-hybridized carbons (Fsp3) is 0.483. The van der Waals surface area contributed by atoms with Gasteiger partial charge in [0.05, 0.1) is 12.1 Å². The number of aromatic amines is 1. The first-order chi connectivity index (χ1) is 17.4. The number of nitrogens with zero attached hydrogens (tertiary/aromatic N) is 3. The Morgan fingerprint density at radius 1 is 1.22 bits per heavy atom. The molecule has 0 spiro atoms. The molecule has 1 saturated heterocycles. The van der Waals surface area contributed by atoms with E-state index in [2.05, 4.69) is 50.5 Å². The van der Waals surface area contributed by atoms with Gasteiger partial charge in [0.25, 0.3) is 0 Å². The zero-order valence-electron chi connectivity index (χ0n) is 22.4. The summed E-state index contributed by atoms with van der Waals surface area (Å²) >= 11 is 0. The first kappa shape index (κ1) is 27.8. The molecule has 1 radical (unpaired) electrons. The minimum absolute atomic E-state index is 0. The van der Waals surface area contributed by atoms with Crippen LogP contribution in [0.15, 0.2) is 36.4 Å². The van der Waals surface area contributed by atoms with Crippen molar-refractivity contribution in [3.05, 3.63) is 64.7 Å². The van der Waals surface area contributed by atoms with Crippen molar-refractivity contribution >= 4 is 41.3 Å². The molecule has 2 aromatic heterocycles. The molecular formula is C29H37N5NaO2. The number of benzene rings is 1. The van der Waals surface area contributed by atoms with Gasteiger partial charge in [-0.05, 0) is 81.7 Å². The van der Waals surface area contributed by atoms with Gasteiger partial charge in [-0.25, -0.2) is 9.97 Å². The van der Waals surface area contributed by atoms with Gasteiger partial charge in [0.2, 0.25) is 0 Å². The third-order valence-corrected chi connectivity index (χ3v) is 7.66. The molecule has 4 heterocycles. The maximum Gasteiger partial charge on any atom is 0.304 e. The summed E-state index contributed by atoms with van der Waals surface area (Å²) < 4.78 is 0. The Hall–Kier alpha value is -2.19. The second kappa shape index (κ2) is 12.6. The van der Waals surface area contributed by atoms with E-state index in [9.17, 15) is 9.90 Å². The van der Waals surface area contributed by atoms with E-state index in [0.29, 0.717) is 5.92 Å². The number of aliphatic carboxylic acids is 1. The molecule has 191 valence electrons. The molecule has 0 bridgehead atoms. The third-order valence-electron chi connectivity index (χ3n) is 7.66. The number of carbonyl (C=O) groups is 1. The number of hydrogen-bond donors (Lipinski definition) is 3. The Bertz CT molecular complexity index is 1230. The van der Waals surface area contributed by atoms with Crippen molar-refractivity contribution in [1.29, 1.82) is 0 Å². The zero-order valence-corrected chi connectivity index (χ0v) is 24.4. The molecular weight excluding hydrogens is 473 g/mol. The van der Waals surface area contributed by atoms with Crippen LogP contribution in [0.3, 0.4) is 0 Å². The van der Waals surface area contributed by atoms with Crippen molar-refractivity contribution in [1.82, 2.24) is 19.9 Å². The average molecular weight is 511 g/mol. The van der Waals surface area contributed by atoms with E-state index in [1.165, 1.54) is 17.7 Å². The fourth-order valence-electron chi connectivity index (χ4n) is 5.82. The van der Waals surface area contributed by atoms with Crippen LogP contribution in [-0.2, 0) is 17.6 Å². The monoisotopic (exact) mass is 510 g/mol. The number of hydrogen-bond acceptors (Lipinski definition) is 5. The molecule has 3 aromatic rings. The topological polar surface area (TPSA) is 94.1 Å². The number of fused-ring (bicyclic) bond motifs is 1. The van der Waals surface area contributed by atoms with Crippen molar-refractivity contribution in [2.75, 3.05) is 31.5 Å². The van der Waals surface area contributed by atoms with Crippen molar-refractivity contribution in [2.45, 2.75) is 58.3 Å². The van der Waals surface area contributed by atoms with Crippen molar-refractivity contribution in [3.63, 3.8) is 0 Å². The number of anilines is 1. The number of aromatic nitrogens is 3. The van der Waals surface area contributed by atoms with Crippen LogP contribution in [0.2, 0.25) is 0 Å². The van der Waals surface area contributed by atoms with Gasteiger partial charge >= 0.3 is 5.97 Å². The van der Waals surface area contributed by atoms with E-state index in [1.54, 1.807) is 0 Å². The minimum atomic E-state index is -0.750. The van der Waals surface area contributed by atoms with Crippen LogP contribution < -0.4 is 5.32 Å². The number of pyridine rings is 1. The molecule has 2 aliphatic rings. The molecule has 2 atom stereocenters. The summed E-state index contributed by atoms with van der Waals surface area (Å²) in [5.74, 6) is 1.79. The summed E-state index contributed by atoms with van der Waals surface area (Å²) in [5, 5.41) is 13.1. The summed E-state index contributed by atoms with van der Waals surface area (Å²) in [6.45, 7) is 7.81. The SMILES string of the molecule is Cc1nc(-c2cccc([C@H](CC(=O)O)CN3CC[C@@H](CCc4ccc5c(n4)NCCC5)C3)c2)c(C)[nH]1.[Na]. The Balaban J connectivity index is 0.00000320. The van der Waals surface area contributed by atoms with Crippen LogP contribution in [0.4, 0.5) is 5.82 Å². The number of aryl methyl sites for hydroxylation is 4. The van der Waals surface area contributed by atoms with Gasteiger partial charge < -0.3 is 20.3 Å². The zero-order chi connectivity index (χ0) is 25.1. The summed E-state index contributed by atoms with van der Waals surface area (Å²) in [6, 6.07) is 12.7. The first-order valence-electron chi connectivity index (χ1n) is 13.2. The summed E-state index contributed by atoms with van der Waals surface area (Å²) in [4.78, 5) is 27.0. The van der Waals surface area contributed by atoms with Crippen molar-refractivity contribution in [2.24, 2.45) is 5.92 Å². The van der Waals surface area contributed by atoms with Crippen LogP contribution in [-0.4, -0.2) is 86.7 Å². The normalized spacial score (nSPS) is 18.1. The minimum Gasteiger partial charge on any atom is -0.481 e. The molecule has 3 N–H and O–H groups in total. The summed E-state index contributed by atoms with van der Waals surface area (Å²) in [5.41, 5.74) is 6.59. The molecule has 5 rings (SSSR count). The third kappa shape index (κ3) is 7.02. The van der Waals surface area contributed by atoms with Crippen molar-refractivity contribution < 1.29 is 9.90 Å². The van der Waals surface area contributed by atoms with E-state index < -0.39 is 5.97 Å². The molecule has 0 saturated carbocycles. The molecule has 37 heavy (non-hydrogen) atoms. The quantitative estimate of drug-likeness (QED) is 0.365. The van der Waals surface area contributed by atoms with E-state index in [0.717, 1.165) is 86.0 Å². The number of carboxylic acids is 1. The molecule has 7 nitrogen and oxygen atoms in total. The molecule has 1 fully saturated rings. The van der Waals surface area contributed by atoms with Gasteiger partial charge in [-0.3, -0.25) is 4.79 Å². The summed E-state index contributed by atoms with van der Waals surface area (Å²) in [7, 11) is 0. The number of carboxylic acid groups (broad SMARTS) is 1. The molecule has 0 unspecified atom stereocenters. The van der Waals surface area contributed by atoms with Gasteiger partial charge in [-0.2, -0.15) is 0 Å². The number of rotatable bonds is 9. The Morgan fingerprint density at radius 3 is 2.86 bits per heavy atom. The summed E-state index contributed by atoms with van der Waals surface area (Å²) in [6.07, 6.45) is 5.72. The second-order valence-corrected chi connectivity index (χ2v) is 10.5. The maximum atomic E-state index is 11.7. The average Bonchev–Trinajstić information content (AvgIpc) is 3.47. The molecule has 0 amide bonds. The van der Waals surface area contributed by atoms with Gasteiger partial charge in [-0.1, -0.05) is 24.3 Å². The number of likely N-dealkylation sites (tertiary alicyclic amines) is 1. The van der Waals surface area contributed by atoms with Crippen LogP contribution in [0.25, 0.3) is 11.3 Å². The van der Waals surface area contributed by atoms with Crippen LogP contribution in [0, 0.1) is 19.8 Å². The number of imidazole rings is 1. The van der Waals surface area contributed by atoms with Crippen LogP contribution >= 0.6 is 0 Å². The maximum absolute atomic E-state index is 11.7. The van der Waals surface area contributed by atoms with E-state index in [-0.39, 0.29) is 41.9 Å². The van der Waals surface area contributed by atoms with Crippen molar-refractivity contribution in [3.8, 4) is 11.3 Å². The standard InChI is InChI=1S/C29H37N5O2.Na/c1-19-28(32-20(2)31-19)24-6-3-5-23(15-24)25(16-27(35)36)18-34-14-12-21(17-34)8-10-26-11-9-22-7-4-13-30-29(22)33-26;/h3,5-6,9,11,15,21,25H,4,7-8,10,12-14,16-18H2,1-2H3,(H,30,33)(H,31,32)(H,35,36);/t21-,25-;/m1./s1. The van der Waals surface area contributed by atoms with E-state index in [1.807, 2.05) is 19.9 Å². The molecule has 0 aliphatic carbocycles. The largest absolute Gasteiger partial charge is 0.481 e. The predicted octanol–water partition coefficient (Wildman–Crippen LogP) is 4.58. The molecule has 2 aliphatic heterocycles. The van der Waals surface area contributed by atoms with Crippen LogP contribution in [0.1, 0.15) is 59.9 Å². The second-order valence-electron chi connectivity index (χ2n) is 10.5. The Kier molecular flexibility index (Phi) is 9.46. The number of H-pyrrole nitrogens is 1. The molecule has 1 aromatic carbocycles. The smallest absolute Gasteiger partial charge is 0.304 e.